The van der Waals surface area contributed by atoms with E-state index in [0.717, 1.165) is 0 Å². The molecular weight excluding hydrogens is 285 g/mol. The van der Waals surface area contributed by atoms with Crippen LogP contribution in [0.2, 0.25) is 0 Å². The summed E-state index contributed by atoms with van der Waals surface area (Å²) in [6.07, 6.45) is -3.84. The van der Waals surface area contributed by atoms with Crippen molar-refractivity contribution in [2.45, 2.75) is 24.1 Å². The number of rotatable bonds is 2. The number of hydrogen-bond donors (Lipinski definition) is 0. The third-order valence-electron chi connectivity index (χ3n) is 3.65. The summed E-state index contributed by atoms with van der Waals surface area (Å²) in [5.41, 5.74) is -2.81. The standard InChI is InChI=1S/C15H11F3O3/c16-15(17,18)14(10-5-2-1-3-6-10)11(9-13(19)21-14)12-7-4-8-20-12/h1-8,11H,9H2. The van der Waals surface area contributed by atoms with E-state index in [4.69, 9.17) is 9.15 Å². The van der Waals surface area contributed by atoms with E-state index in [1.54, 1.807) is 6.07 Å². The molecule has 1 aliphatic heterocycles. The molecule has 0 N–H and O–H groups in total. The van der Waals surface area contributed by atoms with Crippen molar-refractivity contribution in [3.05, 3.63) is 60.1 Å². The fourth-order valence-electron chi connectivity index (χ4n) is 2.76. The number of hydrogen-bond acceptors (Lipinski definition) is 3. The van der Waals surface area contributed by atoms with Gasteiger partial charge in [-0.15, -0.1) is 0 Å². The van der Waals surface area contributed by atoms with Crippen molar-refractivity contribution in [3.8, 4) is 0 Å². The largest absolute Gasteiger partial charge is 0.469 e. The summed E-state index contributed by atoms with van der Waals surface area (Å²) >= 11 is 0. The van der Waals surface area contributed by atoms with Gasteiger partial charge in [-0.1, -0.05) is 30.3 Å². The molecule has 0 amide bonds. The molecule has 21 heavy (non-hydrogen) atoms. The van der Waals surface area contributed by atoms with Gasteiger partial charge in [0.15, 0.2) is 0 Å². The molecule has 1 fully saturated rings. The molecule has 110 valence electrons. The van der Waals surface area contributed by atoms with E-state index in [1.165, 1.54) is 42.7 Å². The Balaban J connectivity index is 2.21. The molecule has 3 nitrogen and oxygen atoms in total. The molecule has 2 atom stereocenters. The summed E-state index contributed by atoms with van der Waals surface area (Å²) in [4.78, 5) is 11.6. The van der Waals surface area contributed by atoms with Crippen LogP contribution in [0.5, 0.6) is 0 Å². The Labute approximate surface area is 118 Å². The second kappa shape index (κ2) is 4.65. The molecule has 0 aliphatic carbocycles. The molecule has 2 aromatic rings. The Morgan fingerprint density at radius 2 is 1.81 bits per heavy atom. The van der Waals surface area contributed by atoms with Gasteiger partial charge in [-0.25, -0.2) is 0 Å². The zero-order valence-corrected chi connectivity index (χ0v) is 10.8. The molecule has 0 bridgehead atoms. The van der Waals surface area contributed by atoms with Gasteiger partial charge in [-0.05, 0) is 12.1 Å². The van der Waals surface area contributed by atoms with E-state index in [9.17, 15) is 18.0 Å². The second-order valence-electron chi connectivity index (χ2n) is 4.85. The van der Waals surface area contributed by atoms with E-state index >= 15 is 0 Å². The van der Waals surface area contributed by atoms with E-state index < -0.39 is 23.7 Å². The van der Waals surface area contributed by atoms with Crippen LogP contribution in [0.15, 0.2) is 53.1 Å². The first-order valence-electron chi connectivity index (χ1n) is 6.32. The summed E-state index contributed by atoms with van der Waals surface area (Å²) < 4.78 is 51.3. The number of carbonyl (C=O) groups is 1. The molecule has 0 spiro atoms. The Morgan fingerprint density at radius 3 is 2.38 bits per heavy atom. The fraction of sp³-hybridized carbons (Fsp3) is 0.267. The van der Waals surface area contributed by atoms with Gasteiger partial charge < -0.3 is 9.15 Å². The smallest absolute Gasteiger partial charge is 0.433 e. The van der Waals surface area contributed by atoms with Crippen molar-refractivity contribution in [2.75, 3.05) is 0 Å². The number of benzene rings is 1. The van der Waals surface area contributed by atoms with Gasteiger partial charge in [0.05, 0.1) is 18.6 Å². The number of furan rings is 1. The summed E-state index contributed by atoms with van der Waals surface area (Å²) in [7, 11) is 0. The topological polar surface area (TPSA) is 39.4 Å². The van der Waals surface area contributed by atoms with Crippen LogP contribution in [-0.4, -0.2) is 12.1 Å². The Bertz CT molecular complexity index is 634. The maximum Gasteiger partial charge on any atom is 0.433 e. The Morgan fingerprint density at radius 1 is 1.10 bits per heavy atom. The average molecular weight is 296 g/mol. The zero-order chi connectivity index (χ0) is 15.1. The molecule has 2 unspecified atom stereocenters. The van der Waals surface area contributed by atoms with Crippen LogP contribution in [0, 0.1) is 0 Å². The molecule has 1 aromatic carbocycles. The number of alkyl halides is 3. The minimum Gasteiger partial charge on any atom is -0.469 e. The molecule has 1 saturated heterocycles. The SMILES string of the molecule is O=C1CC(c2ccco2)C(c2ccccc2)(C(F)(F)F)O1. The third-order valence-corrected chi connectivity index (χ3v) is 3.65. The van der Waals surface area contributed by atoms with Gasteiger partial charge >= 0.3 is 12.1 Å². The van der Waals surface area contributed by atoms with E-state index in [0.29, 0.717) is 0 Å². The van der Waals surface area contributed by atoms with Crippen LogP contribution in [0.4, 0.5) is 13.2 Å². The first kappa shape index (κ1) is 13.7. The van der Waals surface area contributed by atoms with Crippen LogP contribution >= 0.6 is 0 Å². The third kappa shape index (κ3) is 2.02. The second-order valence-corrected chi connectivity index (χ2v) is 4.85. The highest BCUT2D eigenvalue weighted by Crippen LogP contribution is 2.56. The van der Waals surface area contributed by atoms with Crippen LogP contribution in [0.25, 0.3) is 0 Å². The van der Waals surface area contributed by atoms with Crippen LogP contribution in [0.3, 0.4) is 0 Å². The highest BCUT2D eigenvalue weighted by Gasteiger charge is 2.68. The predicted molar refractivity (Wildman–Crippen MR) is 66.3 cm³/mol. The summed E-state index contributed by atoms with van der Waals surface area (Å²) in [6, 6.07) is 10.1. The summed E-state index contributed by atoms with van der Waals surface area (Å²) in [5.74, 6) is -2.04. The lowest BCUT2D eigenvalue weighted by molar-refractivity contribution is -0.270. The molecule has 3 rings (SSSR count). The summed E-state index contributed by atoms with van der Waals surface area (Å²) in [5, 5.41) is 0. The number of cyclic esters (lactones) is 1. The van der Waals surface area contributed by atoms with Crippen LogP contribution in [-0.2, 0) is 15.1 Å². The average Bonchev–Trinajstić information content (AvgIpc) is 3.06. The Hall–Kier alpha value is -2.24. The maximum absolute atomic E-state index is 13.8. The quantitative estimate of drug-likeness (QED) is 0.792. The first-order valence-corrected chi connectivity index (χ1v) is 6.32. The fourth-order valence-corrected chi connectivity index (χ4v) is 2.76. The number of esters is 1. The molecule has 6 heteroatoms. The van der Waals surface area contributed by atoms with Crippen LogP contribution in [0.1, 0.15) is 23.7 Å². The molecule has 2 heterocycles. The maximum atomic E-state index is 13.8. The van der Waals surface area contributed by atoms with Crippen molar-refractivity contribution >= 4 is 5.97 Å². The minimum atomic E-state index is -4.75. The van der Waals surface area contributed by atoms with Crippen molar-refractivity contribution in [1.29, 1.82) is 0 Å². The van der Waals surface area contributed by atoms with E-state index in [2.05, 4.69) is 0 Å². The zero-order valence-electron chi connectivity index (χ0n) is 10.8. The normalized spacial score (nSPS) is 25.9. The number of carbonyl (C=O) groups excluding carboxylic acids is 1. The molecule has 0 radical (unpaired) electrons. The first-order chi connectivity index (χ1) is 9.95. The highest BCUT2D eigenvalue weighted by molar-refractivity contribution is 5.75. The molecule has 1 aliphatic rings. The van der Waals surface area contributed by atoms with Gasteiger partial charge in [-0.2, -0.15) is 13.2 Å². The lowest BCUT2D eigenvalue weighted by atomic mass is 9.79. The molecule has 1 aromatic heterocycles. The van der Waals surface area contributed by atoms with Crippen molar-refractivity contribution in [3.63, 3.8) is 0 Å². The van der Waals surface area contributed by atoms with Gasteiger partial charge in [0, 0.05) is 5.56 Å². The molecule has 0 saturated carbocycles. The van der Waals surface area contributed by atoms with Gasteiger partial charge in [0.1, 0.15) is 5.76 Å². The molecular formula is C15H11F3O3. The number of halogens is 3. The lowest BCUT2D eigenvalue weighted by Crippen LogP contribution is -2.46. The van der Waals surface area contributed by atoms with Crippen molar-refractivity contribution < 1.29 is 27.1 Å². The van der Waals surface area contributed by atoms with E-state index in [-0.39, 0.29) is 17.7 Å². The van der Waals surface area contributed by atoms with Gasteiger partial charge in [0.2, 0.25) is 5.60 Å². The van der Waals surface area contributed by atoms with Gasteiger partial charge in [-0.3, -0.25) is 4.79 Å². The predicted octanol–water partition coefficient (Wildman–Crippen LogP) is 3.77. The Kier molecular flexibility index (Phi) is 3.04. The van der Waals surface area contributed by atoms with Crippen LogP contribution < -0.4 is 0 Å². The lowest BCUT2D eigenvalue weighted by Gasteiger charge is -2.34. The van der Waals surface area contributed by atoms with Gasteiger partial charge in [0.25, 0.3) is 0 Å². The monoisotopic (exact) mass is 296 g/mol. The number of ether oxygens (including phenoxy) is 1. The van der Waals surface area contributed by atoms with Crippen molar-refractivity contribution in [1.82, 2.24) is 0 Å². The van der Waals surface area contributed by atoms with Crippen molar-refractivity contribution in [2.24, 2.45) is 0 Å². The minimum absolute atomic E-state index is 0.0852. The summed E-state index contributed by atoms with van der Waals surface area (Å²) in [6.45, 7) is 0. The highest BCUT2D eigenvalue weighted by atomic mass is 19.4. The van der Waals surface area contributed by atoms with E-state index in [1.807, 2.05) is 0 Å².